The Morgan fingerprint density at radius 1 is 1.23 bits per heavy atom. The highest BCUT2D eigenvalue weighted by molar-refractivity contribution is 7.90. The minimum absolute atomic E-state index is 0.00745. The normalized spacial score (nSPS) is 12.4. The molecule has 0 aliphatic carbocycles. The Morgan fingerprint density at radius 2 is 1.86 bits per heavy atom. The van der Waals surface area contributed by atoms with Crippen molar-refractivity contribution < 1.29 is 17.6 Å². The molecular formula is C14H14FN3O3S. The molecule has 1 heterocycles. The molecule has 0 fully saturated rings. The molecule has 0 aliphatic heterocycles. The molecule has 2 rings (SSSR count). The number of amides is 1. The summed E-state index contributed by atoms with van der Waals surface area (Å²) in [6.45, 7) is 1.45. The molecule has 0 unspecified atom stereocenters. The van der Waals surface area contributed by atoms with E-state index in [1.807, 2.05) is 6.92 Å². The maximum atomic E-state index is 13.2. The predicted octanol–water partition coefficient (Wildman–Crippen LogP) is 0.711. The van der Waals surface area contributed by atoms with Crippen LogP contribution < -0.4 is 11.2 Å². The lowest BCUT2D eigenvalue weighted by Crippen LogP contribution is -2.29. The minimum Gasteiger partial charge on any atom is -0.368 e. The molecule has 0 aliphatic rings. The van der Waals surface area contributed by atoms with Crippen LogP contribution in [0.3, 0.4) is 0 Å². The molecule has 0 bridgehead atoms. The van der Waals surface area contributed by atoms with Crippen molar-refractivity contribution >= 4 is 15.9 Å². The Balaban J connectivity index is 2.56. The highest BCUT2D eigenvalue weighted by atomic mass is 32.2. The number of carbonyl (C=O) groups is 1. The van der Waals surface area contributed by atoms with E-state index in [9.17, 15) is 17.6 Å². The Kier molecular flexibility index (Phi) is 4.41. The summed E-state index contributed by atoms with van der Waals surface area (Å²) in [6.07, 6.45) is 0.967. The van der Waals surface area contributed by atoms with Crippen LogP contribution in [0.15, 0.2) is 51.9 Å². The van der Waals surface area contributed by atoms with Gasteiger partial charge in [0.1, 0.15) is 17.8 Å². The van der Waals surface area contributed by atoms with Crippen molar-refractivity contribution in [3.05, 3.63) is 59.5 Å². The summed E-state index contributed by atoms with van der Waals surface area (Å²) in [6, 6.07) is 8.37. The molecule has 8 heteroatoms. The number of hydrogen-bond acceptors (Lipinski definition) is 3. The summed E-state index contributed by atoms with van der Waals surface area (Å²) in [5.74, 6) is -1.37. The van der Waals surface area contributed by atoms with E-state index in [1.54, 1.807) is 12.1 Å². The van der Waals surface area contributed by atoms with E-state index in [4.69, 9.17) is 5.73 Å². The predicted molar refractivity (Wildman–Crippen MR) is 77.5 cm³/mol. The van der Waals surface area contributed by atoms with E-state index in [-0.39, 0.29) is 16.9 Å². The zero-order valence-electron chi connectivity index (χ0n) is 11.7. The molecule has 2 aromatic rings. The van der Waals surface area contributed by atoms with Gasteiger partial charge < -0.3 is 10.3 Å². The molecule has 22 heavy (non-hydrogen) atoms. The highest BCUT2D eigenvalue weighted by Crippen LogP contribution is 2.12. The van der Waals surface area contributed by atoms with Crippen LogP contribution in [0.2, 0.25) is 0 Å². The molecule has 0 spiro atoms. The van der Waals surface area contributed by atoms with Gasteiger partial charge in [0.2, 0.25) is 5.91 Å². The number of sulfonamides is 1. The number of hydrogen-bond donors (Lipinski definition) is 1. The van der Waals surface area contributed by atoms with E-state index < -0.39 is 21.7 Å². The van der Waals surface area contributed by atoms with E-state index in [0.29, 0.717) is 0 Å². The molecule has 0 radical (unpaired) electrons. The molecule has 0 saturated heterocycles. The molecule has 0 atom stereocenters. The van der Waals surface area contributed by atoms with Crippen LogP contribution in [0.4, 0.5) is 4.39 Å². The van der Waals surface area contributed by atoms with Crippen LogP contribution in [0.5, 0.6) is 0 Å². The molecule has 116 valence electrons. The Labute approximate surface area is 126 Å². The average molecular weight is 323 g/mol. The first kappa shape index (κ1) is 15.9. The quantitative estimate of drug-likeness (QED) is 0.898. The summed E-state index contributed by atoms with van der Waals surface area (Å²) in [7, 11) is -3.97. The number of pyridine rings is 1. The van der Waals surface area contributed by atoms with Crippen molar-refractivity contribution in [3.63, 3.8) is 0 Å². The van der Waals surface area contributed by atoms with Gasteiger partial charge in [0.15, 0.2) is 0 Å². The number of carbonyl (C=O) groups excluding carboxylic acids is 1. The smallest absolute Gasteiger partial charge is 0.284 e. The average Bonchev–Trinajstić information content (AvgIpc) is 2.41. The molecular weight excluding hydrogens is 309 g/mol. The summed E-state index contributed by atoms with van der Waals surface area (Å²) in [4.78, 5) is 11.0. The molecule has 2 N–H and O–H groups in total. The third kappa shape index (κ3) is 3.79. The van der Waals surface area contributed by atoms with E-state index in [1.165, 1.54) is 18.2 Å². The standard InChI is InChI=1S/C14H14FN3O3S/c1-10-2-5-12(6-3-10)22(20,21)17-14-7-4-11(15)8-18(14)9-13(16)19/h2-8H,9H2,1H3,(H2,16,19)/b17-14+. The molecule has 1 aromatic carbocycles. The van der Waals surface area contributed by atoms with Crippen LogP contribution in [0.1, 0.15) is 5.56 Å². The van der Waals surface area contributed by atoms with Gasteiger partial charge in [-0.05, 0) is 31.2 Å². The summed E-state index contributed by atoms with van der Waals surface area (Å²) >= 11 is 0. The van der Waals surface area contributed by atoms with Gasteiger partial charge in [-0.25, -0.2) is 4.39 Å². The number of nitrogens with two attached hydrogens (primary N) is 1. The SMILES string of the molecule is Cc1ccc(S(=O)(=O)/N=c2\ccc(F)cn2CC(N)=O)cc1. The lowest BCUT2D eigenvalue weighted by Gasteiger charge is -2.05. The fourth-order valence-electron chi connectivity index (χ4n) is 1.77. The Morgan fingerprint density at radius 3 is 2.45 bits per heavy atom. The largest absolute Gasteiger partial charge is 0.368 e. The first-order valence-electron chi connectivity index (χ1n) is 6.30. The number of rotatable bonds is 4. The first-order valence-corrected chi connectivity index (χ1v) is 7.74. The highest BCUT2D eigenvalue weighted by Gasteiger charge is 2.12. The van der Waals surface area contributed by atoms with Gasteiger partial charge in [-0.15, -0.1) is 4.40 Å². The lowest BCUT2D eigenvalue weighted by atomic mass is 10.2. The van der Waals surface area contributed by atoms with E-state index in [0.717, 1.165) is 22.4 Å². The van der Waals surface area contributed by atoms with Gasteiger partial charge in [0.05, 0.1) is 4.90 Å². The van der Waals surface area contributed by atoms with Gasteiger partial charge in [-0.3, -0.25) is 4.79 Å². The van der Waals surface area contributed by atoms with Crippen molar-refractivity contribution in [2.45, 2.75) is 18.4 Å². The second-order valence-corrected chi connectivity index (χ2v) is 6.28. The van der Waals surface area contributed by atoms with Gasteiger partial charge >= 0.3 is 0 Å². The van der Waals surface area contributed by atoms with Crippen LogP contribution in [-0.2, 0) is 21.4 Å². The van der Waals surface area contributed by atoms with Gasteiger partial charge in [-0.2, -0.15) is 8.42 Å². The van der Waals surface area contributed by atoms with E-state index >= 15 is 0 Å². The first-order chi connectivity index (χ1) is 10.3. The number of halogens is 1. The van der Waals surface area contributed by atoms with Crippen molar-refractivity contribution in [3.8, 4) is 0 Å². The third-order valence-electron chi connectivity index (χ3n) is 2.82. The maximum Gasteiger partial charge on any atom is 0.284 e. The van der Waals surface area contributed by atoms with Crippen molar-refractivity contribution in [1.82, 2.24) is 4.57 Å². The molecule has 1 aromatic heterocycles. The molecule has 1 amide bonds. The Hall–Kier alpha value is -2.48. The van der Waals surface area contributed by atoms with Crippen molar-refractivity contribution in [2.24, 2.45) is 10.1 Å². The molecule has 0 saturated carbocycles. The zero-order valence-corrected chi connectivity index (χ0v) is 12.5. The number of nitrogens with zero attached hydrogens (tertiary/aromatic N) is 2. The topological polar surface area (TPSA) is 94.5 Å². The molecule has 6 nitrogen and oxygen atoms in total. The second-order valence-electron chi connectivity index (χ2n) is 4.68. The minimum atomic E-state index is -3.97. The number of benzene rings is 1. The summed E-state index contributed by atoms with van der Waals surface area (Å²) < 4.78 is 42.4. The number of primary amides is 1. The fraction of sp³-hybridized carbons (Fsp3) is 0.143. The van der Waals surface area contributed by atoms with Gasteiger partial charge in [-0.1, -0.05) is 17.7 Å². The van der Waals surface area contributed by atoms with Crippen LogP contribution in [-0.4, -0.2) is 18.9 Å². The monoisotopic (exact) mass is 323 g/mol. The summed E-state index contributed by atoms with van der Waals surface area (Å²) in [5, 5.41) is 0. The zero-order chi connectivity index (χ0) is 16.3. The summed E-state index contributed by atoms with van der Waals surface area (Å²) in [5.41, 5.74) is 5.89. The maximum absolute atomic E-state index is 13.2. The van der Waals surface area contributed by atoms with E-state index in [2.05, 4.69) is 4.40 Å². The Bertz CT molecular complexity index is 871. The van der Waals surface area contributed by atoms with Gasteiger partial charge in [0.25, 0.3) is 10.0 Å². The lowest BCUT2D eigenvalue weighted by molar-refractivity contribution is -0.118. The van der Waals surface area contributed by atoms with Crippen LogP contribution >= 0.6 is 0 Å². The third-order valence-corrected chi connectivity index (χ3v) is 4.12. The van der Waals surface area contributed by atoms with Crippen molar-refractivity contribution in [2.75, 3.05) is 0 Å². The van der Waals surface area contributed by atoms with Crippen LogP contribution in [0.25, 0.3) is 0 Å². The number of aryl methyl sites for hydroxylation is 1. The fourth-order valence-corrected chi connectivity index (χ4v) is 2.77. The second kappa shape index (κ2) is 6.10. The van der Waals surface area contributed by atoms with Crippen molar-refractivity contribution in [1.29, 1.82) is 0 Å². The number of aromatic nitrogens is 1. The van der Waals surface area contributed by atoms with Gasteiger partial charge in [0, 0.05) is 6.20 Å². The van der Waals surface area contributed by atoms with Crippen LogP contribution in [0, 0.1) is 12.7 Å².